The van der Waals surface area contributed by atoms with Crippen LogP contribution in [0.15, 0.2) is 0 Å². The summed E-state index contributed by atoms with van der Waals surface area (Å²) in [5.74, 6) is 30.7. The van der Waals surface area contributed by atoms with E-state index < -0.39 is 0 Å². The van der Waals surface area contributed by atoms with Gasteiger partial charge >= 0.3 is 0 Å². The largest absolute Gasteiger partial charge is 0.0651 e. The van der Waals surface area contributed by atoms with Gasteiger partial charge in [-0.1, -0.05) is 136 Å². The highest BCUT2D eigenvalue weighted by molar-refractivity contribution is 5.04. The summed E-state index contributed by atoms with van der Waals surface area (Å²) in [5.41, 5.74) is 3.75. The lowest BCUT2D eigenvalue weighted by Crippen LogP contribution is -2.45. The minimum absolute atomic E-state index is 0.670. The molecule has 87 heavy (non-hydrogen) atoms. The van der Waals surface area contributed by atoms with Gasteiger partial charge in [0.2, 0.25) is 0 Å². The second-order valence-electron chi connectivity index (χ2n) is 41.3. The Hall–Kier alpha value is 0. The van der Waals surface area contributed by atoms with E-state index >= 15 is 0 Å². The van der Waals surface area contributed by atoms with E-state index in [4.69, 9.17) is 0 Å². The summed E-state index contributed by atoms with van der Waals surface area (Å²) in [6, 6.07) is 0. The minimum Gasteiger partial charge on any atom is -0.0651 e. The molecule has 0 heteroatoms. The van der Waals surface area contributed by atoms with E-state index in [0.717, 1.165) is 182 Å². The third-order valence-electron chi connectivity index (χ3n) is 36.0. The summed E-state index contributed by atoms with van der Waals surface area (Å²) in [6.45, 7) is 39.1. The van der Waals surface area contributed by atoms with Gasteiger partial charge in [-0.2, -0.15) is 0 Å². The molecule has 500 valence electrons. The zero-order valence-corrected chi connectivity index (χ0v) is 61.5. The molecule has 23 atom stereocenters. The summed E-state index contributed by atoms with van der Waals surface area (Å²) in [6.07, 6.45) is 59.0. The van der Waals surface area contributed by atoms with Crippen molar-refractivity contribution in [3.05, 3.63) is 0 Å². The van der Waals surface area contributed by atoms with Gasteiger partial charge < -0.3 is 0 Å². The maximum absolute atomic E-state index is 2.54. The summed E-state index contributed by atoms with van der Waals surface area (Å²) < 4.78 is 0. The lowest BCUT2D eigenvalue weighted by molar-refractivity contribution is -0.0545. The molecule has 22 bridgehead atoms. The van der Waals surface area contributed by atoms with E-state index in [1.54, 1.807) is 141 Å². The zero-order valence-electron chi connectivity index (χ0n) is 61.5. The van der Waals surface area contributed by atoms with Gasteiger partial charge in [0.05, 0.1) is 0 Å². The van der Waals surface area contributed by atoms with Gasteiger partial charge in [0.15, 0.2) is 0 Å². The highest BCUT2D eigenvalue weighted by Crippen LogP contribution is 2.64. The monoisotopic (exact) mass is 1200 g/mol. The second-order valence-corrected chi connectivity index (χ2v) is 41.3. The molecule has 22 rings (SSSR count). The maximum Gasteiger partial charge on any atom is -0.0292 e. The number of hydrogen-bond acceptors (Lipinski definition) is 0. The molecular weight excluding hydrogens is 1040 g/mol. The fourth-order valence-electron chi connectivity index (χ4n) is 29.5. The maximum atomic E-state index is 2.54. The van der Waals surface area contributed by atoms with Crippen LogP contribution in [-0.4, -0.2) is 0 Å². The first kappa shape index (κ1) is 67.0. The van der Waals surface area contributed by atoms with E-state index in [1.165, 1.54) is 103 Å². The van der Waals surface area contributed by atoms with Gasteiger partial charge in [0.25, 0.3) is 0 Å². The van der Waals surface area contributed by atoms with Crippen LogP contribution in [0, 0.1) is 193 Å². The highest BCUT2D eigenvalue weighted by Gasteiger charge is 2.54. The van der Waals surface area contributed by atoms with Crippen LogP contribution in [0.1, 0.15) is 355 Å². The van der Waals surface area contributed by atoms with Crippen molar-refractivity contribution in [2.24, 2.45) is 193 Å². The van der Waals surface area contributed by atoms with Crippen molar-refractivity contribution < 1.29 is 0 Å². The van der Waals surface area contributed by atoms with Gasteiger partial charge in [-0.25, -0.2) is 0 Å². The first-order chi connectivity index (χ1) is 41.3. The van der Waals surface area contributed by atoms with E-state index in [9.17, 15) is 0 Å². The molecule has 17 unspecified atom stereocenters. The average molecular weight is 1200 g/mol. The molecular formula is C87H152. The Morgan fingerprint density at radius 2 is 0.690 bits per heavy atom. The Morgan fingerprint density at radius 1 is 0.299 bits per heavy atom. The van der Waals surface area contributed by atoms with Crippen LogP contribution < -0.4 is 0 Å². The van der Waals surface area contributed by atoms with Crippen molar-refractivity contribution in [2.45, 2.75) is 355 Å². The molecule has 22 aliphatic rings. The molecule has 0 N–H and O–H groups in total. The van der Waals surface area contributed by atoms with Crippen molar-refractivity contribution >= 4 is 0 Å². The topological polar surface area (TPSA) is 0 Å². The Bertz CT molecular complexity index is 2000. The van der Waals surface area contributed by atoms with Crippen LogP contribution in [0.2, 0.25) is 0 Å². The Kier molecular flexibility index (Phi) is 20.7. The van der Waals surface area contributed by atoms with Gasteiger partial charge in [-0.05, 0) is 411 Å². The normalized spacial score (nSPS) is 54.3. The van der Waals surface area contributed by atoms with Crippen molar-refractivity contribution in [1.82, 2.24) is 0 Å². The molecule has 0 amide bonds. The van der Waals surface area contributed by atoms with Gasteiger partial charge in [-0.15, -0.1) is 0 Å². The van der Waals surface area contributed by atoms with Gasteiger partial charge in [0, 0.05) is 0 Å². The predicted octanol–water partition coefficient (Wildman–Crippen LogP) is 26.5. The summed E-state index contributed by atoms with van der Waals surface area (Å²) in [7, 11) is 0. The first-order valence-corrected chi connectivity index (χ1v) is 41.3. The van der Waals surface area contributed by atoms with Crippen LogP contribution in [-0.2, 0) is 0 Å². The Balaban J connectivity index is 0.0000000958. The number of fused-ring (bicyclic) bond motifs is 14. The number of rotatable bonds is 2. The van der Waals surface area contributed by atoms with E-state index in [0.29, 0.717) is 10.8 Å². The van der Waals surface area contributed by atoms with Crippen molar-refractivity contribution in [3.8, 4) is 0 Å². The summed E-state index contributed by atoms with van der Waals surface area (Å²) in [4.78, 5) is 0. The molecule has 22 fully saturated rings. The SMILES string of the molecule is CC12CC3CC(CC(C3)C1)C2.CC1C2CCC(C2)[C@H]1C.CC1C2CCC(C2)[C@H]1C.CCC12CC3CC(CC(C3)C1)C2.CCC1CC2CCC1C2.C[C@@H]1C2CCC(C2)C1(C)C.C[C@@H]1C2CCC(C2)C1(C)C.C[C@H]1CC2CCC1(C)C2.C[C@H]1CC2CCC1C2. The highest BCUT2D eigenvalue weighted by atomic mass is 14.6. The molecule has 22 aliphatic carbocycles. The standard InChI is InChI=1S/C12H20.C11H18.2C10H18.4C9H16.C8H14/c1-2-12-6-9-3-10(7-12)5-11(4-9)8-12;1-11-5-8-2-9(6-11)4-10(3-8)7-11;2*1-7-8-4-5-9(6-8)10(7,2)3;1-7-5-8-3-4-9(7,2)6-8;2*1-6-7(2)9-4-3-8(6)5-9;1-2-8-5-7-3-4-9(8)6-7;1-6-4-7-2-3-8(6)5-7/h9-11H,2-8H2,1H3;8-10H,2-7H2,1H3;2*7-9H,4-6H2,1-3H3;7-8H,3-6H2,1-2H3;2*6-9H,3-5H2,1-2H3;7-9H,2-6H2,1H3;6-8H,2-5H2,1H3/t;;3*7-,8?,9?;2*6-,7?,8?,9?;;6-,7?,8?/m..11000.0/s1. The lowest BCUT2D eigenvalue weighted by Gasteiger charge is -2.56. The third-order valence-corrected chi connectivity index (χ3v) is 36.0. The predicted molar refractivity (Wildman–Crippen MR) is 376 cm³/mol. The third kappa shape index (κ3) is 14.3. The van der Waals surface area contributed by atoms with Crippen LogP contribution in [0.4, 0.5) is 0 Å². The van der Waals surface area contributed by atoms with Gasteiger partial charge in [0.1, 0.15) is 0 Å². The van der Waals surface area contributed by atoms with Crippen LogP contribution in [0.25, 0.3) is 0 Å². The molecule has 0 heterocycles. The second kappa shape index (κ2) is 26.9. The summed E-state index contributed by atoms with van der Waals surface area (Å²) >= 11 is 0. The smallest absolute Gasteiger partial charge is 0.0292 e. The molecule has 0 saturated heterocycles. The van der Waals surface area contributed by atoms with Crippen molar-refractivity contribution in [2.75, 3.05) is 0 Å². The lowest BCUT2D eigenvalue weighted by atomic mass is 9.49. The molecule has 0 aromatic heterocycles. The minimum atomic E-state index is 0.670. The molecule has 22 saturated carbocycles. The molecule has 0 nitrogen and oxygen atoms in total. The molecule has 0 spiro atoms. The van der Waals surface area contributed by atoms with E-state index in [1.807, 2.05) is 0 Å². The number of hydrogen-bond donors (Lipinski definition) is 0. The molecule has 0 aliphatic heterocycles. The average Bonchev–Trinajstić information content (AvgIpc) is 2.02. The van der Waals surface area contributed by atoms with E-state index in [2.05, 4.69) is 111 Å². The molecule has 0 radical (unpaired) electrons. The fraction of sp³-hybridized carbons (Fsp3) is 1.00. The Morgan fingerprint density at radius 3 is 0.885 bits per heavy atom. The quantitative estimate of drug-likeness (QED) is 0.259. The van der Waals surface area contributed by atoms with Crippen LogP contribution >= 0.6 is 0 Å². The van der Waals surface area contributed by atoms with Gasteiger partial charge in [-0.3, -0.25) is 0 Å². The van der Waals surface area contributed by atoms with E-state index in [-0.39, 0.29) is 0 Å². The van der Waals surface area contributed by atoms with Crippen LogP contribution in [0.5, 0.6) is 0 Å². The molecule has 0 aromatic rings. The zero-order chi connectivity index (χ0) is 61.5. The van der Waals surface area contributed by atoms with Crippen molar-refractivity contribution in [3.63, 3.8) is 0 Å². The fourth-order valence-corrected chi connectivity index (χ4v) is 29.5. The van der Waals surface area contributed by atoms with Crippen molar-refractivity contribution in [1.29, 1.82) is 0 Å². The van der Waals surface area contributed by atoms with Crippen LogP contribution in [0.3, 0.4) is 0 Å². The first-order valence-electron chi connectivity index (χ1n) is 41.3. The summed E-state index contributed by atoms with van der Waals surface area (Å²) in [5, 5.41) is 0. The molecule has 0 aromatic carbocycles. The Labute approximate surface area is 544 Å².